The summed E-state index contributed by atoms with van der Waals surface area (Å²) < 4.78 is 12.5. The average Bonchev–Trinajstić information content (AvgIpc) is 3.83. The largest absolute Gasteiger partial charge is 0.478 e. The Morgan fingerprint density at radius 1 is 1.08 bits per heavy atom. The number of piperidine rings is 1. The monoisotopic (exact) mass is 499 g/mol. The molecule has 37 heavy (non-hydrogen) atoms. The van der Waals surface area contributed by atoms with E-state index in [-0.39, 0.29) is 6.10 Å². The van der Waals surface area contributed by atoms with E-state index in [9.17, 15) is 9.90 Å². The zero-order chi connectivity index (χ0) is 25.1. The maximum atomic E-state index is 11.6. The molecule has 1 N–H and O–H groups in total. The fourth-order valence-corrected chi connectivity index (χ4v) is 6.49. The standard InChI is InChI=1S/C30H33N3O4/c1-17-4-2-3-5-24(17)27-26(28(37-32-27)19-8-9-19)16-36-23-13-21-10-11-22(14-23)33(21)29-25(18-6-7-18)12-20(15-31-29)30(34)35/h2-5,12,15,18-19,21-23H,6-11,13-14,16H2,1H3,(H,34,35)/t21-,22?,23-/m0/s1. The van der Waals surface area contributed by atoms with Crippen LogP contribution in [0.3, 0.4) is 0 Å². The van der Waals surface area contributed by atoms with Crippen LogP contribution < -0.4 is 4.90 Å². The van der Waals surface area contributed by atoms with Crippen molar-refractivity contribution in [2.75, 3.05) is 4.90 Å². The van der Waals surface area contributed by atoms with Crippen molar-refractivity contribution in [1.82, 2.24) is 10.1 Å². The Kier molecular flexibility index (Phi) is 5.57. The maximum absolute atomic E-state index is 11.6. The molecular formula is C30H33N3O4. The van der Waals surface area contributed by atoms with Crippen LogP contribution in [0.4, 0.5) is 5.82 Å². The summed E-state index contributed by atoms with van der Waals surface area (Å²) in [7, 11) is 0. The molecule has 2 saturated heterocycles. The highest BCUT2D eigenvalue weighted by Gasteiger charge is 2.44. The lowest BCUT2D eigenvalue weighted by atomic mass is 9.97. The Balaban J connectivity index is 1.10. The van der Waals surface area contributed by atoms with Gasteiger partial charge < -0.3 is 19.3 Å². The van der Waals surface area contributed by atoms with Crippen molar-refractivity contribution in [3.63, 3.8) is 0 Å². The molecule has 7 nitrogen and oxygen atoms in total. The molecule has 2 aliphatic heterocycles. The molecule has 0 radical (unpaired) electrons. The molecule has 192 valence electrons. The number of carboxylic acids is 1. The van der Waals surface area contributed by atoms with Crippen LogP contribution in [0.25, 0.3) is 11.3 Å². The van der Waals surface area contributed by atoms with Gasteiger partial charge in [-0.15, -0.1) is 0 Å². The van der Waals surface area contributed by atoms with E-state index in [4.69, 9.17) is 14.2 Å². The Morgan fingerprint density at radius 2 is 1.81 bits per heavy atom. The number of benzene rings is 1. The van der Waals surface area contributed by atoms with Gasteiger partial charge in [-0.05, 0) is 81.4 Å². The molecule has 2 aromatic heterocycles. The molecule has 3 atom stereocenters. The van der Waals surface area contributed by atoms with E-state index < -0.39 is 5.97 Å². The molecule has 0 amide bonds. The first kappa shape index (κ1) is 23.0. The number of anilines is 1. The Hall–Kier alpha value is -3.19. The zero-order valence-corrected chi connectivity index (χ0v) is 21.2. The number of aryl methyl sites for hydroxylation is 1. The van der Waals surface area contributed by atoms with E-state index in [1.54, 1.807) is 0 Å². The normalized spacial score (nSPS) is 25.0. The maximum Gasteiger partial charge on any atom is 0.337 e. The lowest BCUT2D eigenvalue weighted by Gasteiger charge is -2.40. The van der Waals surface area contributed by atoms with Gasteiger partial charge >= 0.3 is 5.97 Å². The lowest BCUT2D eigenvalue weighted by Crippen LogP contribution is -2.46. The van der Waals surface area contributed by atoms with Crippen molar-refractivity contribution >= 4 is 11.8 Å². The highest BCUT2D eigenvalue weighted by atomic mass is 16.5. The minimum absolute atomic E-state index is 0.183. The molecule has 7 heteroatoms. The molecule has 2 aliphatic carbocycles. The number of pyridine rings is 1. The molecule has 3 aromatic rings. The highest BCUT2D eigenvalue weighted by molar-refractivity contribution is 5.88. The summed E-state index contributed by atoms with van der Waals surface area (Å²) in [6.45, 7) is 2.65. The smallest absolute Gasteiger partial charge is 0.337 e. The average molecular weight is 500 g/mol. The van der Waals surface area contributed by atoms with Gasteiger partial charge in [0.15, 0.2) is 0 Å². The lowest BCUT2D eigenvalue weighted by molar-refractivity contribution is 0.0145. The molecule has 1 aromatic carbocycles. The summed E-state index contributed by atoms with van der Waals surface area (Å²) >= 11 is 0. The van der Waals surface area contributed by atoms with Crippen molar-refractivity contribution in [3.8, 4) is 11.3 Å². The van der Waals surface area contributed by atoms with E-state index in [1.165, 1.54) is 11.8 Å². The minimum Gasteiger partial charge on any atom is -0.478 e. The van der Waals surface area contributed by atoms with Gasteiger partial charge in [-0.2, -0.15) is 0 Å². The molecule has 4 aliphatic rings. The van der Waals surface area contributed by atoms with Gasteiger partial charge in [-0.1, -0.05) is 29.4 Å². The summed E-state index contributed by atoms with van der Waals surface area (Å²) in [6.07, 6.45) is 10.5. The molecule has 2 saturated carbocycles. The van der Waals surface area contributed by atoms with Gasteiger partial charge in [0.05, 0.1) is 18.3 Å². The molecule has 0 spiro atoms. The Morgan fingerprint density at radius 3 is 2.49 bits per heavy atom. The number of hydrogen-bond acceptors (Lipinski definition) is 6. The predicted octanol–water partition coefficient (Wildman–Crippen LogP) is 6.21. The first-order valence-electron chi connectivity index (χ1n) is 13.7. The van der Waals surface area contributed by atoms with E-state index in [0.717, 1.165) is 85.3 Å². The molecule has 7 rings (SSSR count). The van der Waals surface area contributed by atoms with Crippen LogP contribution in [0.5, 0.6) is 0 Å². The first-order valence-corrected chi connectivity index (χ1v) is 13.7. The fourth-order valence-electron chi connectivity index (χ4n) is 6.49. The van der Waals surface area contributed by atoms with Gasteiger partial charge in [0, 0.05) is 35.3 Å². The van der Waals surface area contributed by atoms with Crippen LogP contribution in [0.2, 0.25) is 0 Å². The fraction of sp³-hybridized carbons (Fsp3) is 0.500. The highest BCUT2D eigenvalue weighted by Crippen LogP contribution is 2.49. The second kappa shape index (κ2) is 8.98. The van der Waals surface area contributed by atoms with Crippen molar-refractivity contribution in [2.45, 2.75) is 94.9 Å². The minimum atomic E-state index is -0.902. The molecule has 4 fully saturated rings. The van der Waals surface area contributed by atoms with E-state index in [1.807, 2.05) is 6.07 Å². The third-order valence-electron chi connectivity index (χ3n) is 8.72. The van der Waals surface area contributed by atoms with Gasteiger partial charge in [-0.25, -0.2) is 9.78 Å². The Labute approximate surface area is 216 Å². The number of aromatic carboxylic acids is 1. The quantitative estimate of drug-likeness (QED) is 0.394. The van der Waals surface area contributed by atoms with Crippen molar-refractivity contribution in [3.05, 3.63) is 64.5 Å². The summed E-state index contributed by atoms with van der Waals surface area (Å²) in [5.41, 5.74) is 5.78. The predicted molar refractivity (Wildman–Crippen MR) is 139 cm³/mol. The summed E-state index contributed by atoms with van der Waals surface area (Å²) in [4.78, 5) is 18.8. The Bertz CT molecular complexity index is 1330. The van der Waals surface area contributed by atoms with Gasteiger partial charge in [-0.3, -0.25) is 0 Å². The number of ether oxygens (including phenoxy) is 1. The van der Waals surface area contributed by atoms with Crippen molar-refractivity contribution < 1.29 is 19.2 Å². The van der Waals surface area contributed by atoms with Crippen molar-refractivity contribution in [2.24, 2.45) is 0 Å². The van der Waals surface area contributed by atoms with Crippen LogP contribution in [0.1, 0.15) is 96.0 Å². The number of carbonyl (C=O) groups is 1. The second-order valence-electron chi connectivity index (χ2n) is 11.4. The van der Waals surface area contributed by atoms with E-state index in [0.29, 0.717) is 36.1 Å². The number of nitrogens with zero attached hydrogens (tertiary/aromatic N) is 3. The van der Waals surface area contributed by atoms with Gasteiger partial charge in [0.2, 0.25) is 0 Å². The van der Waals surface area contributed by atoms with Crippen LogP contribution in [0.15, 0.2) is 41.1 Å². The van der Waals surface area contributed by atoms with E-state index in [2.05, 4.69) is 41.2 Å². The van der Waals surface area contributed by atoms with E-state index >= 15 is 0 Å². The summed E-state index contributed by atoms with van der Waals surface area (Å²) in [6, 6.07) is 11.0. The third-order valence-corrected chi connectivity index (χ3v) is 8.72. The van der Waals surface area contributed by atoms with Crippen LogP contribution in [-0.2, 0) is 11.3 Å². The number of carboxylic acid groups (broad SMARTS) is 1. The molecular weight excluding hydrogens is 466 g/mol. The van der Waals surface area contributed by atoms with Crippen LogP contribution in [-0.4, -0.2) is 39.4 Å². The molecule has 2 bridgehead atoms. The topological polar surface area (TPSA) is 88.7 Å². The number of aromatic nitrogens is 2. The number of hydrogen-bond donors (Lipinski definition) is 1. The number of fused-ring (bicyclic) bond motifs is 2. The molecule has 4 heterocycles. The first-order chi connectivity index (χ1) is 18.1. The molecule has 1 unspecified atom stereocenters. The zero-order valence-electron chi connectivity index (χ0n) is 21.2. The van der Waals surface area contributed by atoms with Gasteiger partial charge in [0.1, 0.15) is 17.3 Å². The van der Waals surface area contributed by atoms with Gasteiger partial charge in [0.25, 0.3) is 0 Å². The number of rotatable bonds is 8. The van der Waals surface area contributed by atoms with Crippen molar-refractivity contribution in [1.29, 1.82) is 0 Å². The van der Waals surface area contributed by atoms with Crippen LogP contribution in [0, 0.1) is 6.92 Å². The summed E-state index contributed by atoms with van der Waals surface area (Å²) in [5, 5.41) is 14.0. The van der Waals surface area contributed by atoms with Crippen LogP contribution >= 0.6 is 0 Å². The SMILES string of the molecule is Cc1ccccc1-c1noc(C2CC2)c1CO[C@@H]1CC2CC[C@@H](C1)N2c1ncc(C(=O)O)cc1C1CC1. The second-order valence-corrected chi connectivity index (χ2v) is 11.4. The third kappa shape index (κ3) is 4.23. The summed E-state index contributed by atoms with van der Waals surface area (Å²) in [5.74, 6) is 2.04.